The second-order valence-corrected chi connectivity index (χ2v) is 5.97. The predicted octanol–water partition coefficient (Wildman–Crippen LogP) is 4.42. The van der Waals surface area contributed by atoms with E-state index in [-0.39, 0.29) is 12.4 Å². The van der Waals surface area contributed by atoms with E-state index < -0.39 is 6.01 Å². The van der Waals surface area contributed by atoms with Crippen molar-refractivity contribution >= 4 is 0 Å². The van der Waals surface area contributed by atoms with Crippen LogP contribution in [0.5, 0.6) is 0 Å². The molecule has 1 fully saturated rings. The first-order valence-electron chi connectivity index (χ1n) is 7.48. The topological polar surface area (TPSA) is 27.7 Å². The molecule has 0 aromatic heterocycles. The smallest absolute Gasteiger partial charge is 0.272 e. The summed E-state index contributed by atoms with van der Waals surface area (Å²) >= 11 is 0. The minimum atomic E-state index is -0.428. The molecule has 1 unspecified atom stereocenters. The number of ether oxygens (including phenoxy) is 3. The molecule has 0 radical (unpaired) electrons. The molecule has 0 spiro atoms. The van der Waals surface area contributed by atoms with E-state index in [1.54, 1.807) is 6.92 Å². The molecule has 2 aliphatic heterocycles. The van der Waals surface area contributed by atoms with Crippen LogP contribution in [0.25, 0.3) is 0 Å². The molecule has 0 amide bonds. The number of rotatable bonds is 2. The van der Waals surface area contributed by atoms with Gasteiger partial charge in [0.25, 0.3) is 6.01 Å². The van der Waals surface area contributed by atoms with E-state index >= 15 is 0 Å². The molecule has 114 valence electrons. The Morgan fingerprint density at radius 2 is 1.67 bits per heavy atom. The third-order valence-corrected chi connectivity index (χ3v) is 4.01. The van der Waals surface area contributed by atoms with Gasteiger partial charge in [0.05, 0.1) is 13.2 Å². The molecule has 0 N–H and O–H groups in total. The quantitative estimate of drug-likeness (QED) is 0.807. The van der Waals surface area contributed by atoms with Crippen LogP contribution in [-0.2, 0) is 14.2 Å². The second-order valence-electron chi connectivity index (χ2n) is 5.97. The van der Waals surface area contributed by atoms with E-state index in [1.807, 2.05) is 24.3 Å². The molecule has 2 heterocycles. The highest BCUT2D eigenvalue weighted by Gasteiger charge is 2.23. The van der Waals surface area contributed by atoms with Crippen molar-refractivity contribution in [3.05, 3.63) is 47.0 Å². The van der Waals surface area contributed by atoms with Crippen LogP contribution < -0.4 is 0 Å². The number of benzene rings is 1. The molecule has 0 aliphatic carbocycles. The maximum atomic E-state index is 13.5. The zero-order valence-electron chi connectivity index (χ0n) is 12.5. The first-order valence-corrected chi connectivity index (χ1v) is 7.48. The second kappa shape index (κ2) is 6.16. The Labute approximate surface area is 124 Å². The van der Waals surface area contributed by atoms with E-state index in [0.29, 0.717) is 24.7 Å². The van der Waals surface area contributed by atoms with Gasteiger partial charge in [-0.15, -0.1) is 0 Å². The Morgan fingerprint density at radius 3 is 2.29 bits per heavy atom. The number of hydrogen-bond donors (Lipinski definition) is 0. The standard InChI is InChI=1S/C17H21FO3/c1-11-9-19-17(20-10-11)14-6-4-13(5-7-14)15-8-3-12(2)16(18)21-15/h4-7,11,15,17H,3,8-10H2,1-2H3. The van der Waals surface area contributed by atoms with Gasteiger partial charge in [-0.2, -0.15) is 4.39 Å². The number of hydrogen-bond acceptors (Lipinski definition) is 3. The first kappa shape index (κ1) is 14.5. The Kier molecular flexibility index (Phi) is 4.27. The molecular formula is C17H21FO3. The van der Waals surface area contributed by atoms with Crippen molar-refractivity contribution in [1.82, 2.24) is 0 Å². The summed E-state index contributed by atoms with van der Waals surface area (Å²) < 4.78 is 30.2. The van der Waals surface area contributed by atoms with Crippen LogP contribution in [0.1, 0.15) is 50.2 Å². The maximum Gasteiger partial charge on any atom is 0.272 e. The summed E-state index contributed by atoms with van der Waals surface area (Å²) in [6.07, 6.45) is 1.06. The zero-order valence-corrected chi connectivity index (χ0v) is 12.5. The largest absolute Gasteiger partial charge is 0.463 e. The van der Waals surface area contributed by atoms with Crippen molar-refractivity contribution < 1.29 is 18.6 Å². The Balaban J connectivity index is 1.67. The van der Waals surface area contributed by atoms with Gasteiger partial charge in [-0.05, 0) is 30.9 Å². The zero-order chi connectivity index (χ0) is 14.8. The van der Waals surface area contributed by atoms with E-state index in [2.05, 4.69) is 6.92 Å². The summed E-state index contributed by atoms with van der Waals surface area (Å²) in [7, 11) is 0. The van der Waals surface area contributed by atoms with Crippen molar-refractivity contribution in [3.8, 4) is 0 Å². The van der Waals surface area contributed by atoms with Crippen LogP contribution >= 0.6 is 0 Å². The van der Waals surface area contributed by atoms with Crippen molar-refractivity contribution in [3.63, 3.8) is 0 Å². The molecular weight excluding hydrogens is 271 g/mol. The first-order chi connectivity index (χ1) is 10.1. The van der Waals surface area contributed by atoms with Gasteiger partial charge in [-0.25, -0.2) is 0 Å². The predicted molar refractivity (Wildman–Crippen MR) is 77.1 cm³/mol. The highest BCUT2D eigenvalue weighted by atomic mass is 19.1. The summed E-state index contributed by atoms with van der Waals surface area (Å²) in [5.74, 6) is 0.439. The summed E-state index contributed by atoms with van der Waals surface area (Å²) in [6, 6.07) is 7.46. The highest BCUT2D eigenvalue weighted by molar-refractivity contribution is 5.26. The average Bonchev–Trinajstić information content (AvgIpc) is 2.51. The molecule has 4 heteroatoms. The molecule has 1 atom stereocenters. The van der Waals surface area contributed by atoms with Crippen molar-refractivity contribution in [2.24, 2.45) is 5.92 Å². The van der Waals surface area contributed by atoms with Crippen LogP contribution in [0.15, 0.2) is 35.9 Å². The van der Waals surface area contributed by atoms with Crippen LogP contribution in [0.2, 0.25) is 0 Å². The molecule has 0 bridgehead atoms. The fourth-order valence-corrected chi connectivity index (χ4v) is 2.62. The van der Waals surface area contributed by atoms with Crippen LogP contribution in [-0.4, -0.2) is 13.2 Å². The maximum absolute atomic E-state index is 13.5. The number of allylic oxidation sites excluding steroid dienone is 1. The van der Waals surface area contributed by atoms with Crippen molar-refractivity contribution in [2.45, 2.75) is 39.1 Å². The third kappa shape index (κ3) is 3.27. The Bertz CT molecular complexity index is 515. The fourth-order valence-electron chi connectivity index (χ4n) is 2.62. The molecule has 1 saturated heterocycles. The van der Waals surface area contributed by atoms with E-state index in [9.17, 15) is 4.39 Å². The molecule has 3 rings (SSSR count). The van der Waals surface area contributed by atoms with Crippen LogP contribution in [0.4, 0.5) is 4.39 Å². The average molecular weight is 292 g/mol. The van der Waals surface area contributed by atoms with E-state index in [1.165, 1.54) is 0 Å². The molecule has 1 aromatic carbocycles. The van der Waals surface area contributed by atoms with Gasteiger partial charge in [0.2, 0.25) is 0 Å². The van der Waals surface area contributed by atoms with Gasteiger partial charge >= 0.3 is 0 Å². The van der Waals surface area contributed by atoms with Crippen LogP contribution in [0, 0.1) is 5.92 Å². The molecule has 0 saturated carbocycles. The lowest BCUT2D eigenvalue weighted by atomic mass is 9.99. The summed E-state index contributed by atoms with van der Waals surface area (Å²) in [5.41, 5.74) is 2.68. The number of halogens is 1. The van der Waals surface area contributed by atoms with Gasteiger partial charge < -0.3 is 14.2 Å². The van der Waals surface area contributed by atoms with Crippen molar-refractivity contribution in [1.29, 1.82) is 0 Å². The minimum Gasteiger partial charge on any atom is -0.463 e. The molecule has 1 aromatic rings. The fraction of sp³-hybridized carbons (Fsp3) is 0.529. The minimum absolute atomic E-state index is 0.198. The van der Waals surface area contributed by atoms with Gasteiger partial charge in [-0.1, -0.05) is 31.2 Å². The highest BCUT2D eigenvalue weighted by Crippen LogP contribution is 2.35. The van der Waals surface area contributed by atoms with E-state index in [4.69, 9.17) is 14.2 Å². The van der Waals surface area contributed by atoms with Gasteiger partial charge in [-0.3, -0.25) is 0 Å². The van der Waals surface area contributed by atoms with Gasteiger partial charge in [0.1, 0.15) is 6.10 Å². The lowest BCUT2D eigenvalue weighted by molar-refractivity contribution is -0.202. The Hall–Kier alpha value is -1.39. The third-order valence-electron chi connectivity index (χ3n) is 4.01. The molecule has 3 nitrogen and oxygen atoms in total. The lowest BCUT2D eigenvalue weighted by Gasteiger charge is -2.28. The summed E-state index contributed by atoms with van der Waals surface area (Å²) in [6.45, 7) is 5.30. The normalized spacial score (nSPS) is 30.1. The monoisotopic (exact) mass is 292 g/mol. The lowest BCUT2D eigenvalue weighted by Crippen LogP contribution is -2.25. The van der Waals surface area contributed by atoms with Crippen LogP contribution in [0.3, 0.4) is 0 Å². The summed E-state index contributed by atoms with van der Waals surface area (Å²) in [4.78, 5) is 0. The van der Waals surface area contributed by atoms with Crippen molar-refractivity contribution in [2.75, 3.05) is 13.2 Å². The Morgan fingerprint density at radius 1 is 1.05 bits per heavy atom. The van der Waals surface area contributed by atoms with Gasteiger partial charge in [0.15, 0.2) is 6.29 Å². The van der Waals surface area contributed by atoms with E-state index in [0.717, 1.165) is 24.0 Å². The summed E-state index contributed by atoms with van der Waals surface area (Å²) in [5, 5.41) is 0. The molecule has 21 heavy (non-hydrogen) atoms. The van der Waals surface area contributed by atoms with Gasteiger partial charge in [0, 0.05) is 11.5 Å². The SMILES string of the molecule is CC1=C(F)OC(c2ccc(C3OCC(C)CO3)cc2)CC1. The molecule has 2 aliphatic rings.